The van der Waals surface area contributed by atoms with Crippen LogP contribution < -0.4 is 0 Å². The lowest BCUT2D eigenvalue weighted by Gasteiger charge is -2.71. The largest absolute Gasteiger partial charge is 0.481 e. The molecule has 4 heteroatoms. The number of ether oxygens (including phenoxy) is 2. The van der Waals surface area contributed by atoms with Gasteiger partial charge in [0.1, 0.15) is 0 Å². The molecule has 1 unspecified atom stereocenters. The lowest BCUT2D eigenvalue weighted by molar-refractivity contribution is -0.213. The molecule has 1 aliphatic heterocycles. The average Bonchev–Trinajstić information content (AvgIpc) is 3.08. The van der Waals surface area contributed by atoms with Gasteiger partial charge in [0, 0.05) is 0 Å². The zero-order chi connectivity index (χ0) is 27.0. The predicted molar refractivity (Wildman–Crippen MR) is 146 cm³/mol. The molecule has 37 heavy (non-hydrogen) atoms. The zero-order valence-electron chi connectivity index (χ0n) is 25.0. The van der Waals surface area contributed by atoms with Crippen LogP contribution in [-0.4, -0.2) is 29.1 Å². The molecule has 0 aromatic carbocycles. The van der Waals surface area contributed by atoms with Gasteiger partial charge in [-0.25, -0.2) is 0 Å². The van der Waals surface area contributed by atoms with Crippen LogP contribution in [0.15, 0.2) is 11.6 Å². The molecule has 1 saturated heterocycles. The van der Waals surface area contributed by atoms with Crippen LogP contribution in [0, 0.1) is 50.2 Å². The fraction of sp³-hybridized carbons (Fsp3) is 0.909. The number of carbonyl (C=O) groups is 1. The highest BCUT2D eigenvalue weighted by Crippen LogP contribution is 2.76. The molecule has 6 rings (SSSR count). The molecule has 4 saturated carbocycles. The number of carboxylic acids is 1. The van der Waals surface area contributed by atoms with Crippen molar-refractivity contribution in [2.75, 3.05) is 0 Å². The molecule has 9 atom stereocenters. The smallest absolute Gasteiger partial charge is 0.310 e. The third-order valence-electron chi connectivity index (χ3n) is 13.8. The molecular weight excluding hydrogens is 460 g/mol. The lowest BCUT2D eigenvalue weighted by Crippen LogP contribution is -2.66. The van der Waals surface area contributed by atoms with Crippen molar-refractivity contribution in [2.24, 2.45) is 50.2 Å². The maximum atomic E-state index is 12.9. The minimum atomic E-state index is -0.564. The van der Waals surface area contributed by atoms with Crippen molar-refractivity contribution in [1.29, 1.82) is 0 Å². The van der Waals surface area contributed by atoms with E-state index in [9.17, 15) is 9.90 Å². The van der Waals surface area contributed by atoms with Gasteiger partial charge in [-0.15, -0.1) is 0 Å². The minimum Gasteiger partial charge on any atom is -0.481 e. The number of carboxylic acid groups (broad SMARTS) is 1. The molecule has 1 heterocycles. The molecule has 0 aromatic heterocycles. The molecule has 0 spiro atoms. The van der Waals surface area contributed by atoms with Gasteiger partial charge < -0.3 is 14.6 Å². The molecule has 0 radical (unpaired) electrons. The van der Waals surface area contributed by atoms with Crippen LogP contribution in [0.25, 0.3) is 0 Å². The van der Waals surface area contributed by atoms with Gasteiger partial charge in [-0.1, -0.05) is 60.1 Å². The maximum Gasteiger partial charge on any atom is 0.310 e. The Balaban J connectivity index is 1.43. The lowest BCUT2D eigenvalue weighted by atomic mass is 9.33. The highest BCUT2D eigenvalue weighted by atomic mass is 16.8. The second-order valence-electron chi connectivity index (χ2n) is 16.8. The number of hydrogen-bond donors (Lipinski definition) is 1. The number of allylic oxidation sites excluding steroid dienone is 2. The zero-order valence-corrected chi connectivity index (χ0v) is 25.0. The molecule has 208 valence electrons. The Bertz CT molecular complexity index is 1040. The first-order valence-electron chi connectivity index (χ1n) is 15.2. The monoisotopic (exact) mass is 512 g/mol. The Kier molecular flexibility index (Phi) is 5.30. The standard InChI is InChI=1S/C33H52O4/c1-27(2)14-16-33(26(34)35)17-15-31(8)20(21(33)18-27)10-11-24-30(7)19-22-25(37-29(5,6)36-22)28(3,4)23(30)12-13-32(24,31)9/h10,21-25H,11-19H2,1-9H3,(H,34,35)/t21-,22+,23?,24+,25-,30-,31+,32+,33-/m0/s1. The summed E-state index contributed by atoms with van der Waals surface area (Å²) in [6, 6.07) is 0. The van der Waals surface area contributed by atoms with Crippen molar-refractivity contribution < 1.29 is 19.4 Å². The summed E-state index contributed by atoms with van der Waals surface area (Å²) in [6.45, 7) is 21.5. The van der Waals surface area contributed by atoms with Crippen LogP contribution in [0.5, 0.6) is 0 Å². The van der Waals surface area contributed by atoms with Crippen molar-refractivity contribution in [3.05, 3.63) is 11.6 Å². The van der Waals surface area contributed by atoms with Crippen molar-refractivity contribution in [2.45, 2.75) is 138 Å². The van der Waals surface area contributed by atoms with Crippen LogP contribution in [0.3, 0.4) is 0 Å². The SMILES string of the molecule is CC1(C)CC[C@]2(C(=O)O)CC[C@]3(C)C(=CC[C@@H]4[C@@]5(C)C[C@H]6OC(C)(C)O[C@@H]6C(C)(C)C5CC[C@]43C)[C@@H]2C1. The van der Waals surface area contributed by atoms with Gasteiger partial charge in [0.25, 0.3) is 0 Å². The minimum absolute atomic E-state index is 0.0637. The number of hydrogen-bond acceptors (Lipinski definition) is 3. The summed E-state index contributed by atoms with van der Waals surface area (Å²) in [5.74, 6) is 0.304. The summed E-state index contributed by atoms with van der Waals surface area (Å²) in [5.41, 5.74) is 1.64. The Hall–Kier alpha value is -0.870. The Morgan fingerprint density at radius 2 is 1.54 bits per heavy atom. The van der Waals surface area contributed by atoms with E-state index in [1.54, 1.807) is 0 Å². The molecular formula is C33H52O4. The fourth-order valence-electron chi connectivity index (χ4n) is 11.7. The molecule has 1 N–H and O–H groups in total. The fourth-order valence-corrected chi connectivity index (χ4v) is 11.7. The van der Waals surface area contributed by atoms with Crippen molar-refractivity contribution in [3.63, 3.8) is 0 Å². The number of aliphatic carboxylic acids is 1. The third kappa shape index (κ3) is 3.24. The number of rotatable bonds is 1. The molecule has 0 bridgehead atoms. The second-order valence-corrected chi connectivity index (χ2v) is 16.8. The first kappa shape index (κ1) is 26.4. The highest BCUT2D eigenvalue weighted by Gasteiger charge is 2.71. The van der Waals surface area contributed by atoms with Gasteiger partial charge in [0.05, 0.1) is 17.6 Å². The normalized spacial score (nSPS) is 53.0. The van der Waals surface area contributed by atoms with Crippen LogP contribution >= 0.6 is 0 Å². The van der Waals surface area contributed by atoms with Crippen molar-refractivity contribution in [1.82, 2.24) is 0 Å². The topological polar surface area (TPSA) is 55.8 Å². The van der Waals surface area contributed by atoms with Crippen molar-refractivity contribution in [3.8, 4) is 0 Å². The summed E-state index contributed by atoms with van der Waals surface area (Å²) in [5, 5.41) is 10.6. The molecule has 5 fully saturated rings. The Morgan fingerprint density at radius 3 is 2.22 bits per heavy atom. The van der Waals surface area contributed by atoms with Crippen molar-refractivity contribution >= 4 is 5.97 Å². The van der Waals surface area contributed by atoms with Gasteiger partial charge in [-0.05, 0) is 116 Å². The summed E-state index contributed by atoms with van der Waals surface area (Å²) in [7, 11) is 0. The van der Waals surface area contributed by atoms with E-state index in [4.69, 9.17) is 9.47 Å². The molecule has 0 amide bonds. The Morgan fingerprint density at radius 1 is 0.865 bits per heavy atom. The quantitative estimate of drug-likeness (QED) is 0.362. The maximum absolute atomic E-state index is 12.9. The van der Waals surface area contributed by atoms with Gasteiger partial charge in [0.2, 0.25) is 0 Å². The molecule has 4 nitrogen and oxygen atoms in total. The van der Waals surface area contributed by atoms with E-state index in [0.717, 1.165) is 44.9 Å². The molecule has 5 aliphatic carbocycles. The van der Waals surface area contributed by atoms with Crippen LogP contribution in [0.2, 0.25) is 0 Å². The first-order chi connectivity index (χ1) is 16.9. The number of fused-ring (bicyclic) bond motifs is 8. The van der Waals surface area contributed by atoms with E-state index in [-0.39, 0.29) is 45.2 Å². The van der Waals surface area contributed by atoms with Gasteiger partial charge in [-0.2, -0.15) is 0 Å². The second kappa shape index (κ2) is 7.45. The summed E-state index contributed by atoms with van der Waals surface area (Å²) >= 11 is 0. The van der Waals surface area contributed by atoms with E-state index in [1.807, 2.05) is 0 Å². The van der Waals surface area contributed by atoms with Crippen LogP contribution in [0.1, 0.15) is 120 Å². The molecule has 0 aromatic rings. The van der Waals surface area contributed by atoms with E-state index in [0.29, 0.717) is 11.8 Å². The van der Waals surface area contributed by atoms with Crippen LogP contribution in [0.4, 0.5) is 0 Å². The van der Waals surface area contributed by atoms with E-state index in [2.05, 4.69) is 68.4 Å². The highest BCUT2D eigenvalue weighted by molar-refractivity contribution is 5.76. The predicted octanol–water partition coefficient (Wildman–Crippen LogP) is 8.00. The molecule has 6 aliphatic rings. The van der Waals surface area contributed by atoms with Gasteiger partial charge >= 0.3 is 5.97 Å². The summed E-state index contributed by atoms with van der Waals surface area (Å²) < 4.78 is 13.1. The van der Waals surface area contributed by atoms with E-state index in [1.165, 1.54) is 18.4 Å². The summed E-state index contributed by atoms with van der Waals surface area (Å²) in [4.78, 5) is 12.9. The Labute approximate surface area is 225 Å². The van der Waals surface area contributed by atoms with Gasteiger partial charge in [0.15, 0.2) is 5.79 Å². The average molecular weight is 513 g/mol. The van der Waals surface area contributed by atoms with E-state index < -0.39 is 17.2 Å². The first-order valence-corrected chi connectivity index (χ1v) is 15.2. The van der Waals surface area contributed by atoms with Gasteiger partial charge in [-0.3, -0.25) is 4.79 Å². The van der Waals surface area contributed by atoms with E-state index >= 15 is 0 Å². The van der Waals surface area contributed by atoms with Crippen LogP contribution in [-0.2, 0) is 14.3 Å². The summed E-state index contributed by atoms with van der Waals surface area (Å²) in [6.07, 6.45) is 12.2. The third-order valence-corrected chi connectivity index (χ3v) is 13.8.